The first kappa shape index (κ1) is 16.3. The van der Waals surface area contributed by atoms with Crippen molar-refractivity contribution in [1.29, 1.82) is 0 Å². The predicted octanol–water partition coefficient (Wildman–Crippen LogP) is 4.48. The van der Waals surface area contributed by atoms with Crippen molar-refractivity contribution in [2.75, 3.05) is 0 Å². The first-order valence-electron chi connectivity index (χ1n) is 9.20. The second kappa shape index (κ2) is 6.27. The van der Waals surface area contributed by atoms with Gasteiger partial charge in [-0.05, 0) is 85.4 Å². The lowest BCUT2D eigenvalue weighted by molar-refractivity contribution is 0.0678. The molecule has 3 nitrogen and oxygen atoms in total. The minimum absolute atomic E-state index is 0.255. The Bertz CT molecular complexity index is 645. The van der Waals surface area contributed by atoms with Gasteiger partial charge < -0.3 is 15.8 Å². The van der Waals surface area contributed by atoms with E-state index in [1.54, 1.807) is 0 Å². The average Bonchev–Trinajstić information content (AvgIpc) is 3.42. The normalized spacial score (nSPS) is 30.4. The van der Waals surface area contributed by atoms with E-state index in [0.29, 0.717) is 11.1 Å². The zero-order valence-corrected chi connectivity index (χ0v) is 15.1. The highest BCUT2D eigenvalue weighted by Gasteiger charge is 2.43. The van der Waals surface area contributed by atoms with Crippen LogP contribution in [0, 0.1) is 11.3 Å². The van der Waals surface area contributed by atoms with E-state index in [2.05, 4.69) is 24.4 Å². The van der Waals surface area contributed by atoms with Gasteiger partial charge in [-0.2, -0.15) is 0 Å². The number of hydrogen-bond donors (Lipinski definition) is 2. The van der Waals surface area contributed by atoms with Crippen LogP contribution in [-0.2, 0) is 6.54 Å². The Morgan fingerprint density at radius 2 is 2.00 bits per heavy atom. The SMILES string of the molecule is C[C@]1(C(N)C2CC2)CC[C@@H](Oc2cc3c(cc2Cl)CNC=C3)CC1. The van der Waals surface area contributed by atoms with E-state index in [-0.39, 0.29) is 11.5 Å². The van der Waals surface area contributed by atoms with Gasteiger partial charge in [0.05, 0.1) is 11.1 Å². The average molecular weight is 347 g/mol. The first-order valence-corrected chi connectivity index (χ1v) is 9.57. The van der Waals surface area contributed by atoms with E-state index in [0.717, 1.165) is 43.9 Å². The molecule has 2 aliphatic carbocycles. The van der Waals surface area contributed by atoms with Gasteiger partial charge in [-0.25, -0.2) is 0 Å². The van der Waals surface area contributed by atoms with Crippen LogP contribution in [0.25, 0.3) is 6.08 Å². The van der Waals surface area contributed by atoms with Gasteiger partial charge in [-0.15, -0.1) is 0 Å². The van der Waals surface area contributed by atoms with Crippen LogP contribution in [0.3, 0.4) is 0 Å². The van der Waals surface area contributed by atoms with Gasteiger partial charge in [0, 0.05) is 12.6 Å². The maximum Gasteiger partial charge on any atom is 0.138 e. The van der Waals surface area contributed by atoms with Crippen LogP contribution in [0.1, 0.15) is 56.6 Å². The molecule has 1 aromatic rings. The molecule has 130 valence electrons. The second-order valence-electron chi connectivity index (χ2n) is 8.03. The summed E-state index contributed by atoms with van der Waals surface area (Å²) in [4.78, 5) is 0. The minimum atomic E-state index is 0.255. The minimum Gasteiger partial charge on any atom is -0.489 e. The Hall–Kier alpha value is -1.19. The molecule has 0 amide bonds. The van der Waals surface area contributed by atoms with Crippen LogP contribution < -0.4 is 15.8 Å². The van der Waals surface area contributed by atoms with Crippen LogP contribution in [0.2, 0.25) is 5.02 Å². The fraction of sp³-hybridized carbons (Fsp3) is 0.600. The molecule has 2 fully saturated rings. The van der Waals surface area contributed by atoms with Crippen LogP contribution >= 0.6 is 11.6 Å². The van der Waals surface area contributed by atoms with Crippen molar-refractivity contribution >= 4 is 17.7 Å². The molecule has 3 N–H and O–H groups in total. The van der Waals surface area contributed by atoms with E-state index in [9.17, 15) is 0 Å². The summed E-state index contributed by atoms with van der Waals surface area (Å²) in [6.45, 7) is 3.20. The molecule has 2 saturated carbocycles. The number of rotatable bonds is 4. The summed E-state index contributed by atoms with van der Waals surface area (Å²) in [5.74, 6) is 1.59. The molecule has 0 saturated heterocycles. The number of benzene rings is 1. The fourth-order valence-electron chi connectivity index (χ4n) is 4.23. The molecule has 1 atom stereocenters. The number of nitrogens with one attached hydrogen (secondary N) is 1. The number of hydrogen-bond acceptors (Lipinski definition) is 3. The van der Waals surface area contributed by atoms with Gasteiger partial charge in [0.2, 0.25) is 0 Å². The number of halogens is 1. The lowest BCUT2D eigenvalue weighted by atomic mass is 9.68. The van der Waals surface area contributed by atoms with Crippen molar-refractivity contribution in [1.82, 2.24) is 5.32 Å². The molecule has 0 radical (unpaired) electrons. The molecule has 1 aliphatic heterocycles. The maximum absolute atomic E-state index is 6.51. The van der Waals surface area contributed by atoms with Crippen molar-refractivity contribution in [3.05, 3.63) is 34.5 Å². The first-order chi connectivity index (χ1) is 11.5. The molecule has 24 heavy (non-hydrogen) atoms. The Morgan fingerprint density at radius 3 is 2.71 bits per heavy atom. The molecule has 1 aromatic carbocycles. The van der Waals surface area contributed by atoms with Gasteiger partial charge in [0.1, 0.15) is 5.75 Å². The Labute approximate surface area is 149 Å². The molecule has 0 spiro atoms. The zero-order valence-electron chi connectivity index (χ0n) is 14.4. The van der Waals surface area contributed by atoms with Crippen LogP contribution in [0.5, 0.6) is 5.75 Å². The third-order valence-corrected chi connectivity index (χ3v) is 6.47. The summed E-state index contributed by atoms with van der Waals surface area (Å²) < 4.78 is 6.27. The fourth-order valence-corrected chi connectivity index (χ4v) is 4.46. The van der Waals surface area contributed by atoms with Gasteiger partial charge in [0.25, 0.3) is 0 Å². The highest BCUT2D eigenvalue weighted by molar-refractivity contribution is 6.32. The third kappa shape index (κ3) is 3.16. The van der Waals surface area contributed by atoms with E-state index in [1.165, 1.54) is 24.0 Å². The van der Waals surface area contributed by atoms with E-state index < -0.39 is 0 Å². The quantitative estimate of drug-likeness (QED) is 0.845. The van der Waals surface area contributed by atoms with Crippen LogP contribution in [-0.4, -0.2) is 12.1 Å². The van der Waals surface area contributed by atoms with E-state index in [1.807, 2.05) is 12.3 Å². The van der Waals surface area contributed by atoms with Gasteiger partial charge in [-0.3, -0.25) is 0 Å². The standard InChI is InChI=1S/C20H27ClN2O/c1-20(19(22)13-2-3-13)7-4-16(5-8-20)24-18-11-14-6-9-23-12-15(14)10-17(18)21/h6,9-11,13,16,19,23H,2-5,7-8,12,22H2,1H3/t16-,19?,20+. The number of nitrogens with two attached hydrogens (primary N) is 1. The topological polar surface area (TPSA) is 47.3 Å². The third-order valence-electron chi connectivity index (χ3n) is 6.17. The summed E-state index contributed by atoms with van der Waals surface area (Å²) in [6, 6.07) is 4.47. The highest BCUT2D eigenvalue weighted by atomic mass is 35.5. The monoisotopic (exact) mass is 346 g/mol. The second-order valence-corrected chi connectivity index (χ2v) is 8.44. The lowest BCUT2D eigenvalue weighted by Gasteiger charge is -2.41. The Kier molecular flexibility index (Phi) is 4.26. The van der Waals surface area contributed by atoms with E-state index >= 15 is 0 Å². The summed E-state index contributed by atoms with van der Waals surface area (Å²) in [7, 11) is 0. The Morgan fingerprint density at radius 1 is 1.25 bits per heavy atom. The summed E-state index contributed by atoms with van der Waals surface area (Å²) >= 11 is 6.44. The van der Waals surface area contributed by atoms with Gasteiger partial charge in [-0.1, -0.05) is 18.5 Å². The van der Waals surface area contributed by atoms with Crippen LogP contribution in [0.4, 0.5) is 0 Å². The Balaban J connectivity index is 1.41. The van der Waals surface area contributed by atoms with E-state index in [4.69, 9.17) is 22.1 Å². The van der Waals surface area contributed by atoms with Gasteiger partial charge >= 0.3 is 0 Å². The highest BCUT2D eigenvalue weighted by Crippen LogP contribution is 2.47. The molecular formula is C20H27ClN2O. The predicted molar refractivity (Wildman–Crippen MR) is 99.0 cm³/mol. The zero-order chi connectivity index (χ0) is 16.7. The lowest BCUT2D eigenvalue weighted by Crippen LogP contribution is -2.45. The summed E-state index contributed by atoms with van der Waals surface area (Å²) in [5.41, 5.74) is 9.22. The molecule has 4 rings (SSSR count). The van der Waals surface area contributed by atoms with Crippen molar-refractivity contribution in [2.24, 2.45) is 17.1 Å². The molecule has 3 aliphatic rings. The largest absolute Gasteiger partial charge is 0.489 e. The van der Waals surface area contributed by atoms with Crippen molar-refractivity contribution in [3.63, 3.8) is 0 Å². The number of ether oxygens (including phenoxy) is 1. The summed E-state index contributed by atoms with van der Waals surface area (Å²) in [5, 5.41) is 3.93. The van der Waals surface area contributed by atoms with Crippen LogP contribution in [0.15, 0.2) is 18.3 Å². The smallest absolute Gasteiger partial charge is 0.138 e. The van der Waals surface area contributed by atoms with Gasteiger partial charge in [0.15, 0.2) is 0 Å². The molecule has 1 unspecified atom stereocenters. The van der Waals surface area contributed by atoms with Crippen molar-refractivity contribution < 1.29 is 4.74 Å². The maximum atomic E-state index is 6.51. The van der Waals surface area contributed by atoms with Crippen molar-refractivity contribution in [2.45, 2.75) is 64.1 Å². The number of fused-ring (bicyclic) bond motifs is 1. The summed E-state index contributed by atoms with van der Waals surface area (Å²) in [6.07, 6.45) is 11.4. The molecule has 1 heterocycles. The molecule has 0 bridgehead atoms. The molecule has 4 heteroatoms. The molecular weight excluding hydrogens is 320 g/mol. The van der Waals surface area contributed by atoms with Crippen molar-refractivity contribution in [3.8, 4) is 5.75 Å². The molecule has 0 aromatic heterocycles.